The lowest BCUT2D eigenvalue weighted by atomic mass is 9.96. The maximum absolute atomic E-state index is 14.1. The number of hydrogen-bond acceptors (Lipinski definition) is 15. The summed E-state index contributed by atoms with van der Waals surface area (Å²) in [6, 6.07) is -2.56. The van der Waals surface area contributed by atoms with Crippen LogP contribution in [0.2, 0.25) is 0 Å². The topological polar surface area (TPSA) is 234 Å². The van der Waals surface area contributed by atoms with E-state index < -0.39 is 73.5 Å². The lowest BCUT2D eigenvalue weighted by Crippen LogP contribution is -2.44. The van der Waals surface area contributed by atoms with Gasteiger partial charge in [-0.25, -0.2) is 14.9 Å². The number of carbonyl (C=O) groups excluding carboxylic acids is 3. The molecule has 0 saturated carbocycles. The highest BCUT2D eigenvalue weighted by Gasteiger charge is 2.54. The molecule has 2 aliphatic rings. The Morgan fingerprint density at radius 3 is 2.57 bits per heavy atom. The highest BCUT2D eigenvalue weighted by molar-refractivity contribution is 8.56. The Bertz CT molecular complexity index is 1470. The maximum Gasteiger partial charge on any atom is 0.327 e. The fourth-order valence-electron chi connectivity index (χ4n) is 4.71. The zero-order valence-corrected chi connectivity index (χ0v) is 26.9. The minimum Gasteiger partial charge on any atom is -0.479 e. The van der Waals surface area contributed by atoms with Crippen molar-refractivity contribution in [3.63, 3.8) is 0 Å². The van der Waals surface area contributed by atoms with Gasteiger partial charge in [0, 0.05) is 19.8 Å². The number of aliphatic hydroxyl groups excluding tert-OH is 1. The molecule has 2 aliphatic heterocycles. The number of ether oxygens (including phenoxy) is 3. The molecule has 0 aromatic carbocycles. The second-order valence-electron chi connectivity index (χ2n) is 10.8. The van der Waals surface area contributed by atoms with E-state index in [-0.39, 0.29) is 28.7 Å². The van der Waals surface area contributed by atoms with E-state index in [1.807, 2.05) is 0 Å². The summed E-state index contributed by atoms with van der Waals surface area (Å²) in [5.41, 5.74) is 4.28. The van der Waals surface area contributed by atoms with Crippen LogP contribution in [0.25, 0.3) is 11.2 Å². The number of anilines is 1. The number of likely N-dealkylation sites (N-methyl/N-ethyl adjacent to an activating group) is 2. The molecule has 2 saturated heterocycles. The molecule has 2 aromatic rings. The molecule has 20 heteroatoms. The summed E-state index contributed by atoms with van der Waals surface area (Å²) in [5.74, 6) is -1.36. The first-order chi connectivity index (χ1) is 20.5. The van der Waals surface area contributed by atoms with Crippen molar-refractivity contribution in [1.82, 2.24) is 34.4 Å². The van der Waals surface area contributed by atoms with Gasteiger partial charge < -0.3 is 39.6 Å². The van der Waals surface area contributed by atoms with Gasteiger partial charge in [-0.1, -0.05) is 11.4 Å². The molecule has 3 amide bonds. The van der Waals surface area contributed by atoms with E-state index in [9.17, 15) is 29.2 Å². The van der Waals surface area contributed by atoms with E-state index in [0.29, 0.717) is 11.4 Å². The van der Waals surface area contributed by atoms with Gasteiger partial charge in [-0.05, 0) is 27.7 Å². The number of nitrogens with two attached hydrogens (primary N) is 1. The van der Waals surface area contributed by atoms with E-state index in [4.69, 9.17) is 24.5 Å². The van der Waals surface area contributed by atoms with Crippen LogP contribution >= 0.6 is 18.1 Å². The summed E-state index contributed by atoms with van der Waals surface area (Å²) in [6.45, 7) is 1.50. The number of amides is 3. The standard InChI is InChI=1S/C24H37N8O10PS/c1-11(2)41-20(35)12(3)29-43(38,44-9-13-19(34)31(6)23(36)30(13)5)40-8-14-16(33)24(4,37)21(42-14)32-10-26-15-17(32)27-22(25)28-18(15)39-7/h10-14,16,21,33,37H,8-9H2,1-7H3,(H,29,38)(H2,25,27,28)/t12-,13?,14?,16-,21?,24?,43?/m1/s1. The molecule has 5 unspecified atom stereocenters. The third kappa shape index (κ3) is 6.49. The van der Waals surface area contributed by atoms with Gasteiger partial charge in [-0.15, -0.1) is 0 Å². The minimum absolute atomic E-state index is 0.0951. The average molecular weight is 661 g/mol. The third-order valence-electron chi connectivity index (χ3n) is 7.15. The van der Waals surface area contributed by atoms with Crippen LogP contribution in [0.15, 0.2) is 6.33 Å². The number of nitrogens with one attached hydrogen (secondary N) is 1. The number of rotatable bonds is 12. The van der Waals surface area contributed by atoms with Gasteiger partial charge in [0.05, 0.1) is 26.1 Å². The molecule has 0 aliphatic carbocycles. The highest BCUT2D eigenvalue weighted by Crippen LogP contribution is 2.57. The van der Waals surface area contributed by atoms with E-state index >= 15 is 0 Å². The summed E-state index contributed by atoms with van der Waals surface area (Å²) < 4.78 is 37.6. The first-order valence-electron chi connectivity index (χ1n) is 13.5. The zero-order valence-electron chi connectivity index (χ0n) is 25.2. The number of fused-ring (bicyclic) bond motifs is 1. The van der Waals surface area contributed by atoms with Gasteiger partial charge in [0.2, 0.25) is 11.8 Å². The predicted octanol–water partition coefficient (Wildman–Crippen LogP) is 0.106. The summed E-state index contributed by atoms with van der Waals surface area (Å²) >= 11 is 0.701. The number of hydrogen-bond donors (Lipinski definition) is 4. The molecule has 4 heterocycles. The number of nitrogens with zero attached hydrogens (tertiary/aromatic N) is 6. The van der Waals surface area contributed by atoms with Crippen LogP contribution in [-0.4, -0.2) is 127 Å². The Kier molecular flexibility index (Phi) is 9.80. The number of urea groups is 1. The Hall–Kier alpha value is -3.06. The van der Waals surface area contributed by atoms with Gasteiger partial charge in [0.25, 0.3) is 5.91 Å². The molecule has 5 N–H and O–H groups in total. The molecular weight excluding hydrogens is 623 g/mol. The van der Waals surface area contributed by atoms with Crippen LogP contribution in [-0.2, 0) is 28.2 Å². The monoisotopic (exact) mass is 660 g/mol. The van der Waals surface area contributed by atoms with Crippen molar-refractivity contribution in [1.29, 1.82) is 0 Å². The first kappa shape index (κ1) is 33.8. The van der Waals surface area contributed by atoms with Gasteiger partial charge in [-0.3, -0.25) is 23.6 Å². The van der Waals surface area contributed by atoms with E-state index in [2.05, 4.69) is 20.0 Å². The lowest BCUT2D eigenvalue weighted by Gasteiger charge is -2.27. The molecular formula is C24H37N8O10PS. The number of carbonyl (C=O) groups is 3. The molecule has 44 heavy (non-hydrogen) atoms. The second-order valence-corrected chi connectivity index (χ2v) is 15.2. The molecule has 4 rings (SSSR count). The fraction of sp³-hybridized carbons (Fsp3) is 0.667. The van der Waals surface area contributed by atoms with Crippen molar-refractivity contribution in [2.24, 2.45) is 0 Å². The maximum atomic E-state index is 14.1. The van der Waals surface area contributed by atoms with Crippen molar-refractivity contribution in [3.05, 3.63) is 6.33 Å². The molecule has 244 valence electrons. The number of methoxy groups -OCH3 is 1. The van der Waals surface area contributed by atoms with Crippen LogP contribution in [0, 0.1) is 0 Å². The van der Waals surface area contributed by atoms with Crippen molar-refractivity contribution in [2.75, 3.05) is 39.3 Å². The average Bonchev–Trinajstić information content (AvgIpc) is 3.52. The zero-order chi connectivity index (χ0) is 32.7. The molecule has 18 nitrogen and oxygen atoms in total. The quantitative estimate of drug-likeness (QED) is 0.134. The fourth-order valence-corrected chi connectivity index (χ4v) is 8.68. The highest BCUT2D eigenvalue weighted by atomic mass is 32.7. The van der Waals surface area contributed by atoms with Crippen LogP contribution < -0.4 is 15.6 Å². The second kappa shape index (κ2) is 12.7. The summed E-state index contributed by atoms with van der Waals surface area (Å²) in [7, 11) is 4.16. The molecule has 0 radical (unpaired) electrons. The third-order valence-corrected chi connectivity index (χ3v) is 11.2. The van der Waals surface area contributed by atoms with Gasteiger partial charge in [0.1, 0.15) is 29.9 Å². The van der Waals surface area contributed by atoms with Crippen LogP contribution in [0.3, 0.4) is 0 Å². The van der Waals surface area contributed by atoms with Gasteiger partial charge >= 0.3 is 18.7 Å². The summed E-state index contributed by atoms with van der Waals surface area (Å²) in [6.07, 6.45) is -3.16. The Morgan fingerprint density at radius 2 is 1.98 bits per heavy atom. The Balaban J connectivity index is 1.55. The number of aromatic nitrogens is 4. The van der Waals surface area contributed by atoms with Crippen molar-refractivity contribution >= 4 is 53.1 Å². The predicted molar refractivity (Wildman–Crippen MR) is 156 cm³/mol. The van der Waals surface area contributed by atoms with E-state index in [1.54, 1.807) is 13.8 Å². The molecule has 2 aromatic heterocycles. The molecule has 7 atom stereocenters. The lowest BCUT2D eigenvalue weighted by molar-refractivity contribution is -0.149. The summed E-state index contributed by atoms with van der Waals surface area (Å²) in [4.78, 5) is 51.9. The smallest absolute Gasteiger partial charge is 0.327 e. The summed E-state index contributed by atoms with van der Waals surface area (Å²) in [5, 5.41) is 25.0. The largest absolute Gasteiger partial charge is 0.479 e. The Morgan fingerprint density at radius 1 is 1.30 bits per heavy atom. The number of imide groups is 1. The number of imidazole rings is 1. The normalized spacial score (nSPS) is 27.8. The van der Waals surface area contributed by atoms with Crippen LogP contribution in [0.4, 0.5) is 10.7 Å². The van der Waals surface area contributed by atoms with E-state index in [0.717, 1.165) is 4.90 Å². The van der Waals surface area contributed by atoms with Crippen molar-refractivity contribution in [2.45, 2.75) is 69.9 Å². The SMILES string of the molecule is COc1nc(N)nc2c1ncn2C1OC(COP(=O)(N[C@H](C)C(=O)OC(C)C)SCC2C(=O)N(C)C(=O)N2C)[C@@H](O)C1(C)O. The minimum atomic E-state index is -4.06. The van der Waals surface area contributed by atoms with Gasteiger partial charge in [-0.2, -0.15) is 9.97 Å². The van der Waals surface area contributed by atoms with E-state index in [1.165, 1.54) is 50.8 Å². The number of aliphatic hydroxyl groups is 2. The first-order valence-corrected chi connectivity index (χ1v) is 16.7. The number of nitrogen functional groups attached to an aromatic ring is 1. The van der Waals surface area contributed by atoms with Crippen LogP contribution in [0.5, 0.6) is 5.88 Å². The Labute approximate surface area is 256 Å². The molecule has 0 bridgehead atoms. The van der Waals surface area contributed by atoms with Gasteiger partial charge in [0.15, 0.2) is 17.4 Å². The molecule has 0 spiro atoms. The number of esters is 1. The van der Waals surface area contributed by atoms with Crippen molar-refractivity contribution < 1.29 is 47.9 Å². The molecule has 2 fully saturated rings. The van der Waals surface area contributed by atoms with Crippen LogP contribution in [0.1, 0.15) is 33.9 Å². The van der Waals surface area contributed by atoms with Crippen molar-refractivity contribution in [3.8, 4) is 5.88 Å².